The molecule has 0 bridgehead atoms. The molecule has 3 N–H and O–H groups in total. The van der Waals surface area contributed by atoms with Gasteiger partial charge in [0.1, 0.15) is 4.90 Å². The van der Waals surface area contributed by atoms with Crippen molar-refractivity contribution in [2.24, 2.45) is 0 Å². The number of aliphatic hydroxyl groups is 1. The number of carbonyl (C=O) groups excluding carboxylic acids is 1. The monoisotopic (exact) mass is 428 g/mol. The number of nitrogens with one attached hydrogen (secondary N) is 2. The molecule has 0 heterocycles. The van der Waals surface area contributed by atoms with Crippen molar-refractivity contribution in [1.82, 2.24) is 5.32 Å². The van der Waals surface area contributed by atoms with E-state index in [9.17, 15) is 29.3 Å². The van der Waals surface area contributed by atoms with Crippen LogP contribution >= 0.6 is 21.8 Å². The van der Waals surface area contributed by atoms with E-state index >= 15 is 0 Å². The molecule has 1 aliphatic rings. The first kappa shape index (κ1) is 19.7. The Kier molecular flexibility index (Phi) is 4.18. The Bertz CT molecular complexity index is 923. The van der Waals surface area contributed by atoms with E-state index < -0.39 is 39.0 Å². The molecule has 2 amide bonds. The van der Waals surface area contributed by atoms with Gasteiger partial charge in [0.2, 0.25) is 0 Å². The molecular formula is C16H14ClF5N2O2S. The fourth-order valence-electron chi connectivity index (χ4n) is 2.89. The third-order valence-corrected chi connectivity index (χ3v) is 5.60. The maximum absolute atomic E-state index is 12.9. The molecule has 1 aliphatic carbocycles. The van der Waals surface area contributed by atoms with E-state index in [2.05, 4.69) is 5.32 Å². The second-order valence-electron chi connectivity index (χ2n) is 6.16. The van der Waals surface area contributed by atoms with Gasteiger partial charge in [0, 0.05) is 6.42 Å². The van der Waals surface area contributed by atoms with Gasteiger partial charge < -0.3 is 15.7 Å². The van der Waals surface area contributed by atoms with Gasteiger partial charge in [-0.2, -0.15) is 0 Å². The summed E-state index contributed by atoms with van der Waals surface area (Å²) < 4.78 is 64.7. The van der Waals surface area contributed by atoms with Crippen LogP contribution in [0.3, 0.4) is 0 Å². The van der Waals surface area contributed by atoms with Gasteiger partial charge in [-0.3, -0.25) is 0 Å². The van der Waals surface area contributed by atoms with E-state index in [1.165, 1.54) is 0 Å². The molecular weight excluding hydrogens is 415 g/mol. The molecule has 2 atom stereocenters. The van der Waals surface area contributed by atoms with Gasteiger partial charge in [-0.15, -0.1) is 0 Å². The van der Waals surface area contributed by atoms with E-state index in [1.807, 2.05) is 5.32 Å². The van der Waals surface area contributed by atoms with Crippen LogP contribution in [0.2, 0.25) is 5.02 Å². The number of carbonyl (C=O) groups is 1. The van der Waals surface area contributed by atoms with Crippen LogP contribution in [0.4, 0.5) is 29.9 Å². The summed E-state index contributed by atoms with van der Waals surface area (Å²) in [5.74, 6) is 0. The standard InChI is InChI=1S/C16H14ClF5N2O2S/c17-12-6-5-10(27(18,19,20,21)22)8-13(12)23-16(26)24-15-11-4-2-1-3-9(11)7-14(15)25/h1-6,8,14-15,25H,7H2,(H2,23,24,26)/t14-,15+/m0/s1. The van der Waals surface area contributed by atoms with Gasteiger partial charge >= 0.3 is 16.3 Å². The van der Waals surface area contributed by atoms with Crippen LogP contribution in [0.1, 0.15) is 17.2 Å². The molecule has 0 fully saturated rings. The van der Waals surface area contributed by atoms with Crippen LogP contribution in [0.25, 0.3) is 0 Å². The van der Waals surface area contributed by atoms with Crippen LogP contribution in [-0.2, 0) is 6.42 Å². The van der Waals surface area contributed by atoms with Crippen LogP contribution in [0.5, 0.6) is 0 Å². The molecule has 0 spiro atoms. The highest BCUT2D eigenvalue weighted by atomic mass is 35.5. The normalized spacial score (nSPS) is 21.7. The Morgan fingerprint density at radius 3 is 2.44 bits per heavy atom. The van der Waals surface area contributed by atoms with Crippen LogP contribution in [-0.4, -0.2) is 17.2 Å². The van der Waals surface area contributed by atoms with Crippen molar-refractivity contribution in [3.63, 3.8) is 0 Å². The van der Waals surface area contributed by atoms with E-state index in [1.54, 1.807) is 24.3 Å². The third-order valence-electron chi connectivity index (χ3n) is 4.12. The number of hydrogen-bond acceptors (Lipinski definition) is 2. The summed E-state index contributed by atoms with van der Waals surface area (Å²) in [6.07, 6.45) is -0.638. The zero-order valence-electron chi connectivity index (χ0n) is 13.4. The number of aliphatic hydroxyl groups excluding tert-OH is 1. The van der Waals surface area contributed by atoms with Gasteiger partial charge in [0.05, 0.1) is 22.9 Å². The number of amides is 2. The van der Waals surface area contributed by atoms with Gasteiger partial charge in [-0.05, 0) is 29.3 Å². The maximum atomic E-state index is 12.9. The molecule has 3 rings (SSSR count). The lowest BCUT2D eigenvalue weighted by atomic mass is 10.1. The SMILES string of the molecule is O=C(Nc1cc(S(F)(F)(F)(F)F)ccc1Cl)N[C@@H]1c2ccccc2C[C@@H]1O. The Balaban J connectivity index is 1.81. The molecule has 148 valence electrons. The molecule has 0 radical (unpaired) electrons. The topological polar surface area (TPSA) is 61.4 Å². The van der Waals surface area contributed by atoms with Crippen molar-refractivity contribution in [2.75, 3.05) is 5.32 Å². The molecule has 2 aromatic rings. The molecule has 0 saturated carbocycles. The summed E-state index contributed by atoms with van der Waals surface area (Å²) in [5.41, 5.74) is 0.851. The molecule has 0 aliphatic heterocycles. The Morgan fingerprint density at radius 1 is 1.11 bits per heavy atom. The highest BCUT2D eigenvalue weighted by Gasteiger charge is 2.65. The zero-order valence-corrected chi connectivity index (χ0v) is 15.0. The minimum atomic E-state index is -9.92. The van der Waals surface area contributed by atoms with Gasteiger partial charge in [0.15, 0.2) is 0 Å². The number of hydrogen-bond donors (Lipinski definition) is 3. The van der Waals surface area contributed by atoms with Crippen molar-refractivity contribution in [3.8, 4) is 0 Å². The van der Waals surface area contributed by atoms with Crippen molar-refractivity contribution >= 4 is 33.5 Å². The van der Waals surface area contributed by atoms with Gasteiger partial charge in [0.25, 0.3) is 0 Å². The van der Waals surface area contributed by atoms with Crippen LogP contribution < -0.4 is 10.6 Å². The lowest BCUT2D eigenvalue weighted by molar-refractivity contribution is 0.144. The quantitative estimate of drug-likeness (QED) is 0.543. The second-order valence-corrected chi connectivity index (χ2v) is 8.97. The van der Waals surface area contributed by atoms with E-state index in [0.29, 0.717) is 18.1 Å². The number of fused-ring (bicyclic) bond motifs is 1. The van der Waals surface area contributed by atoms with Crippen molar-refractivity contribution in [1.29, 1.82) is 0 Å². The third kappa shape index (κ3) is 4.28. The summed E-state index contributed by atoms with van der Waals surface area (Å²) in [4.78, 5) is 9.98. The first-order chi connectivity index (χ1) is 12.2. The number of halogens is 6. The molecule has 0 saturated heterocycles. The fraction of sp³-hybridized carbons (Fsp3) is 0.188. The molecule has 0 unspecified atom stereocenters. The van der Waals surface area contributed by atoms with Crippen LogP contribution in [0, 0.1) is 0 Å². The molecule has 0 aromatic heterocycles. The largest absolute Gasteiger partial charge is 0.390 e. The molecule has 11 heteroatoms. The second kappa shape index (κ2) is 5.73. The summed E-state index contributed by atoms with van der Waals surface area (Å²) in [6, 6.07) is 6.02. The highest BCUT2D eigenvalue weighted by molar-refractivity contribution is 8.45. The zero-order chi connectivity index (χ0) is 20.1. The fourth-order valence-corrected chi connectivity index (χ4v) is 3.72. The first-order valence-corrected chi connectivity index (χ1v) is 9.94. The highest BCUT2D eigenvalue weighted by Crippen LogP contribution is 3.02. The van der Waals surface area contributed by atoms with E-state index in [4.69, 9.17) is 11.6 Å². The minimum Gasteiger partial charge on any atom is -0.390 e. The minimum absolute atomic E-state index is 0.0858. The Morgan fingerprint density at radius 2 is 1.78 bits per heavy atom. The maximum Gasteiger partial charge on any atom is 0.319 e. The van der Waals surface area contributed by atoms with Crippen molar-refractivity contribution in [2.45, 2.75) is 23.5 Å². The van der Waals surface area contributed by atoms with Gasteiger partial charge in [-0.1, -0.05) is 55.3 Å². The summed E-state index contributed by atoms with van der Waals surface area (Å²) in [5, 5.41) is 14.2. The average molecular weight is 429 g/mol. The van der Waals surface area contributed by atoms with Crippen molar-refractivity contribution < 1.29 is 29.3 Å². The molecule has 2 aromatic carbocycles. The smallest absolute Gasteiger partial charge is 0.319 e. The Hall–Kier alpha value is -2.04. The lowest BCUT2D eigenvalue weighted by Crippen LogP contribution is -2.36. The van der Waals surface area contributed by atoms with E-state index in [-0.39, 0.29) is 17.2 Å². The lowest BCUT2D eigenvalue weighted by Gasteiger charge is -2.40. The number of rotatable bonds is 3. The predicted molar refractivity (Wildman–Crippen MR) is 93.9 cm³/mol. The molecule has 4 nitrogen and oxygen atoms in total. The van der Waals surface area contributed by atoms with Crippen LogP contribution in [0.15, 0.2) is 47.4 Å². The average Bonchev–Trinajstić information content (AvgIpc) is 2.83. The van der Waals surface area contributed by atoms with E-state index in [0.717, 1.165) is 5.56 Å². The number of anilines is 1. The summed E-state index contributed by atoms with van der Waals surface area (Å²) in [7, 11) is -9.92. The summed E-state index contributed by atoms with van der Waals surface area (Å²) >= 11 is 5.72. The summed E-state index contributed by atoms with van der Waals surface area (Å²) in [6.45, 7) is 0. The van der Waals surface area contributed by atoms with Gasteiger partial charge in [-0.25, -0.2) is 4.79 Å². The Labute approximate surface area is 156 Å². The van der Waals surface area contributed by atoms with Crippen molar-refractivity contribution in [3.05, 3.63) is 58.6 Å². The number of urea groups is 1. The first-order valence-electron chi connectivity index (χ1n) is 7.61. The predicted octanol–water partition coefficient (Wildman–Crippen LogP) is 5.78. The molecule has 27 heavy (non-hydrogen) atoms. The number of benzene rings is 2.